The molecule has 0 aromatic heterocycles. The van der Waals surface area contributed by atoms with Crippen molar-refractivity contribution in [1.29, 1.82) is 0 Å². The van der Waals surface area contributed by atoms with Crippen molar-refractivity contribution in [3.8, 4) is 0 Å². The number of aliphatic imine (C=N–C) groups is 1. The van der Waals surface area contributed by atoms with Gasteiger partial charge in [0.05, 0.1) is 6.54 Å². The minimum Gasteiger partial charge on any atom is -0.386 e. The van der Waals surface area contributed by atoms with Gasteiger partial charge in [0, 0.05) is 16.6 Å². The number of benzene rings is 1. The molecule has 0 spiro atoms. The number of rotatable bonds is 8. The van der Waals surface area contributed by atoms with Crippen molar-refractivity contribution in [1.82, 2.24) is 5.32 Å². The molecule has 0 aliphatic heterocycles. The van der Waals surface area contributed by atoms with Crippen molar-refractivity contribution >= 4 is 41.5 Å². The van der Waals surface area contributed by atoms with Crippen LogP contribution in [0.15, 0.2) is 29.3 Å². The van der Waals surface area contributed by atoms with E-state index in [1.807, 2.05) is 12.1 Å². The molecule has 2 unspecified atom stereocenters. The number of guanidine groups is 1. The van der Waals surface area contributed by atoms with Gasteiger partial charge in [-0.1, -0.05) is 56.5 Å². The van der Waals surface area contributed by atoms with Crippen molar-refractivity contribution in [3.63, 3.8) is 0 Å². The van der Waals surface area contributed by atoms with E-state index in [9.17, 15) is 5.11 Å². The maximum atomic E-state index is 10.1. The van der Waals surface area contributed by atoms with Crippen LogP contribution in [0, 0.1) is 5.92 Å². The van der Waals surface area contributed by atoms with Gasteiger partial charge in [0.15, 0.2) is 5.96 Å². The molecule has 0 fully saturated rings. The van der Waals surface area contributed by atoms with Crippen molar-refractivity contribution in [2.45, 2.75) is 52.2 Å². The highest BCUT2D eigenvalue weighted by molar-refractivity contribution is 14.0. The maximum Gasteiger partial charge on any atom is 0.188 e. The number of nitrogens with two attached hydrogens (primary N) is 1. The molecule has 0 saturated heterocycles. The Balaban J connectivity index is 0.00000484. The summed E-state index contributed by atoms with van der Waals surface area (Å²) in [6, 6.07) is 7.49. The van der Waals surface area contributed by atoms with E-state index < -0.39 is 6.10 Å². The molecule has 2 atom stereocenters. The zero-order chi connectivity index (χ0) is 16.5. The molecule has 23 heavy (non-hydrogen) atoms. The Morgan fingerprint density at radius 1 is 1.26 bits per heavy atom. The molecule has 0 amide bonds. The number of aliphatic hydroxyl groups is 1. The Kier molecular flexibility index (Phi) is 11.6. The third-order valence-corrected chi connectivity index (χ3v) is 3.86. The Hall–Kier alpha value is -0.530. The number of halogens is 2. The normalized spacial score (nSPS) is 14.3. The molecule has 132 valence electrons. The predicted molar refractivity (Wildman–Crippen MR) is 110 cm³/mol. The molecule has 6 heteroatoms. The first-order valence-electron chi connectivity index (χ1n) is 7.89. The molecule has 0 bridgehead atoms. The maximum absolute atomic E-state index is 10.1. The van der Waals surface area contributed by atoms with Gasteiger partial charge < -0.3 is 16.2 Å². The van der Waals surface area contributed by atoms with Gasteiger partial charge in [0.2, 0.25) is 0 Å². The fraction of sp³-hybridized carbons (Fsp3) is 0.588. The highest BCUT2D eigenvalue weighted by Gasteiger charge is 2.11. The summed E-state index contributed by atoms with van der Waals surface area (Å²) in [6.07, 6.45) is 2.70. The standard InChI is InChI=1S/C17H28ClN3O.HI/c1-12(2)7-6-8-13(3)21-17(19)20-11-16(22)14-9-4-5-10-15(14)18;/h4-5,9-10,12-13,16,22H,6-8,11H2,1-3H3,(H3,19,20,21);1H. The van der Waals surface area contributed by atoms with E-state index in [0.717, 1.165) is 12.3 Å². The summed E-state index contributed by atoms with van der Waals surface area (Å²) in [5.74, 6) is 1.09. The van der Waals surface area contributed by atoms with Crippen LogP contribution in [-0.4, -0.2) is 23.7 Å². The predicted octanol–water partition coefficient (Wildman–Crippen LogP) is 4.11. The number of hydrogen-bond acceptors (Lipinski definition) is 2. The lowest BCUT2D eigenvalue weighted by molar-refractivity contribution is 0.187. The van der Waals surface area contributed by atoms with Crippen LogP contribution >= 0.6 is 35.6 Å². The summed E-state index contributed by atoms with van der Waals surface area (Å²) in [4.78, 5) is 4.20. The summed E-state index contributed by atoms with van der Waals surface area (Å²) >= 11 is 6.05. The topological polar surface area (TPSA) is 70.6 Å². The van der Waals surface area contributed by atoms with Crippen LogP contribution in [0.4, 0.5) is 0 Å². The smallest absolute Gasteiger partial charge is 0.188 e. The van der Waals surface area contributed by atoms with E-state index in [1.54, 1.807) is 12.1 Å². The van der Waals surface area contributed by atoms with Crippen LogP contribution in [0.5, 0.6) is 0 Å². The van der Waals surface area contributed by atoms with E-state index in [0.29, 0.717) is 16.5 Å². The van der Waals surface area contributed by atoms with Crippen LogP contribution in [0.1, 0.15) is 51.7 Å². The quantitative estimate of drug-likeness (QED) is 0.315. The monoisotopic (exact) mass is 453 g/mol. The number of nitrogens with zero attached hydrogens (tertiary/aromatic N) is 1. The highest BCUT2D eigenvalue weighted by Crippen LogP contribution is 2.22. The van der Waals surface area contributed by atoms with E-state index in [-0.39, 0.29) is 36.6 Å². The van der Waals surface area contributed by atoms with Gasteiger partial charge in [-0.15, -0.1) is 24.0 Å². The number of nitrogens with one attached hydrogen (secondary N) is 1. The van der Waals surface area contributed by atoms with Crippen LogP contribution in [0.2, 0.25) is 5.02 Å². The van der Waals surface area contributed by atoms with Crippen LogP contribution < -0.4 is 11.1 Å². The lowest BCUT2D eigenvalue weighted by Gasteiger charge is -2.16. The van der Waals surface area contributed by atoms with E-state index in [2.05, 4.69) is 31.1 Å². The van der Waals surface area contributed by atoms with Crippen LogP contribution in [-0.2, 0) is 0 Å². The SMILES string of the molecule is CC(C)CCCC(C)NC(N)=NCC(O)c1ccccc1Cl.I. The number of hydrogen-bond donors (Lipinski definition) is 3. The van der Waals surface area contributed by atoms with E-state index >= 15 is 0 Å². The summed E-state index contributed by atoms with van der Waals surface area (Å²) < 4.78 is 0. The minimum atomic E-state index is -0.745. The van der Waals surface area contributed by atoms with Gasteiger partial charge in [-0.05, 0) is 25.3 Å². The van der Waals surface area contributed by atoms with Gasteiger partial charge in [-0.3, -0.25) is 4.99 Å². The van der Waals surface area contributed by atoms with Crippen molar-refractivity contribution in [3.05, 3.63) is 34.9 Å². The molecule has 1 rings (SSSR count). The average Bonchev–Trinajstić information content (AvgIpc) is 2.44. The molecular formula is C17H29ClIN3O. The van der Waals surface area contributed by atoms with Gasteiger partial charge >= 0.3 is 0 Å². The molecule has 0 heterocycles. The van der Waals surface area contributed by atoms with Crippen molar-refractivity contribution < 1.29 is 5.11 Å². The summed E-state index contributed by atoms with van der Waals surface area (Å²) in [7, 11) is 0. The van der Waals surface area contributed by atoms with E-state index in [1.165, 1.54) is 12.8 Å². The Morgan fingerprint density at radius 3 is 2.52 bits per heavy atom. The number of aliphatic hydroxyl groups excluding tert-OH is 1. The Morgan fingerprint density at radius 2 is 1.91 bits per heavy atom. The third kappa shape index (κ3) is 9.37. The molecule has 0 aliphatic rings. The minimum absolute atomic E-state index is 0. The third-order valence-electron chi connectivity index (χ3n) is 3.51. The molecular weight excluding hydrogens is 425 g/mol. The second-order valence-electron chi connectivity index (χ2n) is 6.13. The zero-order valence-corrected chi connectivity index (χ0v) is 17.2. The Labute approximate surface area is 161 Å². The zero-order valence-electron chi connectivity index (χ0n) is 14.1. The lowest BCUT2D eigenvalue weighted by atomic mass is 10.0. The lowest BCUT2D eigenvalue weighted by Crippen LogP contribution is -2.38. The summed E-state index contributed by atoms with van der Waals surface area (Å²) in [5.41, 5.74) is 6.54. The molecule has 1 aromatic rings. The Bertz CT molecular complexity index is 483. The second-order valence-corrected chi connectivity index (χ2v) is 6.54. The van der Waals surface area contributed by atoms with Crippen molar-refractivity contribution in [2.24, 2.45) is 16.6 Å². The highest BCUT2D eigenvalue weighted by atomic mass is 127. The van der Waals surface area contributed by atoms with Gasteiger partial charge in [-0.2, -0.15) is 0 Å². The molecule has 4 N–H and O–H groups in total. The summed E-state index contributed by atoms with van der Waals surface area (Å²) in [6.45, 7) is 6.74. The van der Waals surface area contributed by atoms with Gasteiger partial charge in [0.25, 0.3) is 0 Å². The largest absolute Gasteiger partial charge is 0.386 e. The fourth-order valence-electron chi connectivity index (χ4n) is 2.23. The fourth-order valence-corrected chi connectivity index (χ4v) is 2.49. The molecule has 0 saturated carbocycles. The molecule has 0 aliphatic carbocycles. The van der Waals surface area contributed by atoms with E-state index in [4.69, 9.17) is 17.3 Å². The van der Waals surface area contributed by atoms with Crippen LogP contribution in [0.3, 0.4) is 0 Å². The molecule has 0 radical (unpaired) electrons. The first kappa shape index (κ1) is 22.5. The van der Waals surface area contributed by atoms with Crippen LogP contribution in [0.25, 0.3) is 0 Å². The molecule has 4 nitrogen and oxygen atoms in total. The molecule has 1 aromatic carbocycles. The van der Waals surface area contributed by atoms with Gasteiger partial charge in [-0.25, -0.2) is 0 Å². The first-order valence-corrected chi connectivity index (χ1v) is 8.27. The van der Waals surface area contributed by atoms with Gasteiger partial charge in [0.1, 0.15) is 6.10 Å². The first-order chi connectivity index (χ1) is 10.4. The summed E-state index contributed by atoms with van der Waals surface area (Å²) in [5, 5.41) is 13.8. The second kappa shape index (κ2) is 11.9. The average molecular weight is 454 g/mol. The van der Waals surface area contributed by atoms with Crippen molar-refractivity contribution in [2.75, 3.05) is 6.54 Å².